The van der Waals surface area contributed by atoms with Gasteiger partial charge < -0.3 is 4.90 Å². The van der Waals surface area contributed by atoms with Crippen LogP contribution in [0.5, 0.6) is 0 Å². The van der Waals surface area contributed by atoms with Gasteiger partial charge >= 0.3 is 0 Å². The number of thioether (sulfide) groups is 1. The molecule has 1 saturated heterocycles. The topological polar surface area (TPSA) is 69.9 Å². The zero-order valence-electron chi connectivity index (χ0n) is 20.9. The third-order valence-electron chi connectivity index (χ3n) is 6.21. The van der Waals surface area contributed by atoms with Crippen molar-refractivity contribution in [3.05, 3.63) is 103 Å². The average molecular weight is 530 g/mol. The Morgan fingerprint density at radius 1 is 1.03 bits per heavy atom. The number of hydrogen-bond acceptors (Lipinski definition) is 6. The summed E-state index contributed by atoms with van der Waals surface area (Å²) in [6.07, 6.45) is 1.68. The van der Waals surface area contributed by atoms with Crippen LogP contribution in [0.25, 0.3) is 10.6 Å². The third kappa shape index (κ3) is 4.45. The van der Waals surface area contributed by atoms with Gasteiger partial charge in [0, 0.05) is 23.7 Å². The standard InChI is InChI=1S/C28H27N5O2S2/c1-5-17-32-26(35)23(28-31(6-2)18(3)19(4)36-28)37-27(32)22-24(29-20-13-9-7-10-14-20)30-33(25(22)34)21-15-11-8-12-16-21/h5,7-16H,1,6,17H2,2-4H3,(H,29,30)/b27-22-,28-23+. The molecule has 0 saturated carbocycles. The number of anilines is 1. The number of amidine groups is 1. The van der Waals surface area contributed by atoms with Crippen molar-refractivity contribution in [3.63, 3.8) is 0 Å². The first-order valence-corrected chi connectivity index (χ1v) is 13.6. The first kappa shape index (κ1) is 24.9. The second kappa shape index (κ2) is 10.3. The van der Waals surface area contributed by atoms with Crippen molar-refractivity contribution in [3.8, 4) is 0 Å². The van der Waals surface area contributed by atoms with Crippen LogP contribution in [0, 0.1) is 0 Å². The number of para-hydroxylation sites is 2. The highest BCUT2D eigenvalue weighted by molar-refractivity contribution is 8.11. The highest BCUT2D eigenvalue weighted by atomic mass is 32.2. The average Bonchev–Trinajstić information content (AvgIpc) is 3.51. The molecule has 1 N–H and O–H groups in total. The Morgan fingerprint density at radius 2 is 1.70 bits per heavy atom. The molecule has 2 aromatic carbocycles. The van der Waals surface area contributed by atoms with Gasteiger partial charge in [0.15, 0.2) is 5.84 Å². The van der Waals surface area contributed by atoms with Crippen LogP contribution in [0.3, 0.4) is 0 Å². The fourth-order valence-electron chi connectivity index (χ4n) is 4.28. The molecule has 2 aliphatic rings. The molecule has 1 amide bonds. The largest absolute Gasteiger partial charge is 0.338 e. The zero-order valence-corrected chi connectivity index (χ0v) is 22.5. The molecular weight excluding hydrogens is 502 g/mol. The molecule has 2 aliphatic heterocycles. The van der Waals surface area contributed by atoms with E-state index >= 15 is 0 Å². The van der Waals surface area contributed by atoms with Crippen molar-refractivity contribution in [2.75, 3.05) is 11.6 Å². The van der Waals surface area contributed by atoms with Crippen LogP contribution in [0.4, 0.5) is 11.4 Å². The first-order chi connectivity index (χ1) is 17.9. The van der Waals surface area contributed by atoms with E-state index in [4.69, 9.17) is 4.99 Å². The number of aromatic nitrogens is 1. The Balaban J connectivity index is 1.82. The quantitative estimate of drug-likeness (QED) is 0.508. The normalized spacial score (nSPS) is 19.8. The zero-order chi connectivity index (χ0) is 26.1. The molecule has 5 rings (SSSR count). The smallest absolute Gasteiger partial charge is 0.283 e. The lowest BCUT2D eigenvalue weighted by Gasteiger charge is -2.17. The van der Waals surface area contributed by atoms with Crippen molar-refractivity contribution >= 4 is 56.8 Å². The number of nitrogens with zero attached hydrogens (tertiary/aromatic N) is 4. The maximum atomic E-state index is 13.9. The number of allylic oxidation sites excluding steroid dienone is 3. The SMILES string of the molecule is C=CCn1c(=O)/c(=C2\SC(C)=C(C)N2CC)s/c1=C1\C(=O)N(c2ccccc2)NC1=Nc1ccccc1. The van der Waals surface area contributed by atoms with Crippen LogP contribution in [-0.4, -0.2) is 27.8 Å². The molecule has 0 radical (unpaired) electrons. The molecule has 0 aliphatic carbocycles. The maximum Gasteiger partial charge on any atom is 0.283 e. The lowest BCUT2D eigenvalue weighted by molar-refractivity contribution is -0.113. The van der Waals surface area contributed by atoms with Gasteiger partial charge in [-0.15, -0.1) is 17.9 Å². The van der Waals surface area contributed by atoms with Gasteiger partial charge in [0.05, 0.1) is 11.4 Å². The van der Waals surface area contributed by atoms with Crippen LogP contribution in [0.2, 0.25) is 0 Å². The molecular formula is C28H27N5O2S2. The van der Waals surface area contributed by atoms with Gasteiger partial charge in [-0.25, -0.2) is 10.0 Å². The minimum Gasteiger partial charge on any atom is -0.338 e. The predicted molar refractivity (Wildman–Crippen MR) is 154 cm³/mol. The molecule has 3 aromatic rings. The maximum absolute atomic E-state index is 13.9. The van der Waals surface area contributed by atoms with Gasteiger partial charge in [-0.1, -0.05) is 54.2 Å². The van der Waals surface area contributed by atoms with E-state index in [9.17, 15) is 9.59 Å². The van der Waals surface area contributed by atoms with E-state index in [1.807, 2.05) is 60.7 Å². The van der Waals surface area contributed by atoms with E-state index in [-0.39, 0.29) is 18.0 Å². The van der Waals surface area contributed by atoms with Gasteiger partial charge in [0.25, 0.3) is 11.5 Å². The Labute approximate surface area is 223 Å². The van der Waals surface area contributed by atoms with Crippen LogP contribution < -0.4 is 25.2 Å². The van der Waals surface area contributed by atoms with Gasteiger partial charge in [0.2, 0.25) is 0 Å². The first-order valence-electron chi connectivity index (χ1n) is 12.0. The number of benzene rings is 2. The Hall–Kier alpha value is -3.82. The molecule has 9 heteroatoms. The second-order valence-electron chi connectivity index (χ2n) is 8.49. The molecule has 37 heavy (non-hydrogen) atoms. The molecule has 1 fully saturated rings. The van der Waals surface area contributed by atoms with E-state index in [2.05, 4.69) is 37.7 Å². The molecule has 0 bridgehead atoms. The van der Waals surface area contributed by atoms with Crippen molar-refractivity contribution in [2.45, 2.75) is 27.3 Å². The van der Waals surface area contributed by atoms with Gasteiger partial charge in [0.1, 0.15) is 19.8 Å². The van der Waals surface area contributed by atoms with Gasteiger partial charge in [-0.2, -0.15) is 0 Å². The molecule has 7 nitrogen and oxygen atoms in total. The summed E-state index contributed by atoms with van der Waals surface area (Å²) in [7, 11) is 0. The Morgan fingerprint density at radius 3 is 2.35 bits per heavy atom. The summed E-state index contributed by atoms with van der Waals surface area (Å²) in [6.45, 7) is 11.1. The Bertz CT molecular complexity index is 1620. The fourth-order valence-corrected chi connectivity index (χ4v) is 6.78. The molecule has 0 unspecified atom stereocenters. The number of thiazole rings is 1. The molecule has 0 atom stereocenters. The lowest BCUT2D eigenvalue weighted by atomic mass is 10.2. The minimum atomic E-state index is -0.270. The molecule has 0 spiro atoms. The number of nitrogens with one attached hydrogen (secondary N) is 1. The van der Waals surface area contributed by atoms with Crippen LogP contribution in [0.1, 0.15) is 20.8 Å². The van der Waals surface area contributed by atoms with E-state index in [1.54, 1.807) is 22.4 Å². The van der Waals surface area contributed by atoms with Crippen LogP contribution in [0.15, 0.2) is 93.7 Å². The van der Waals surface area contributed by atoms with Crippen molar-refractivity contribution in [2.24, 2.45) is 4.99 Å². The Kier molecular flexibility index (Phi) is 6.90. The van der Waals surface area contributed by atoms with Gasteiger partial charge in [-0.3, -0.25) is 19.6 Å². The molecule has 3 heterocycles. The van der Waals surface area contributed by atoms with Crippen molar-refractivity contribution in [1.82, 2.24) is 14.9 Å². The van der Waals surface area contributed by atoms with Crippen LogP contribution >= 0.6 is 23.1 Å². The summed E-state index contributed by atoms with van der Waals surface area (Å²) in [5.41, 5.74) is 5.93. The number of carbonyl (C=O) groups is 1. The summed E-state index contributed by atoms with van der Waals surface area (Å²) in [4.78, 5) is 35.8. The van der Waals surface area contributed by atoms with Crippen molar-refractivity contribution < 1.29 is 4.79 Å². The van der Waals surface area contributed by atoms with E-state index < -0.39 is 0 Å². The number of amides is 1. The number of carbonyl (C=O) groups excluding carboxylic acids is 1. The monoisotopic (exact) mass is 529 g/mol. The van der Waals surface area contributed by atoms with E-state index in [0.717, 1.165) is 22.2 Å². The lowest BCUT2D eigenvalue weighted by Crippen LogP contribution is -2.36. The summed E-state index contributed by atoms with van der Waals surface area (Å²) in [5, 5.41) is 2.38. The number of hydrogen-bond donors (Lipinski definition) is 1. The summed E-state index contributed by atoms with van der Waals surface area (Å²) in [6, 6.07) is 18.8. The van der Waals surface area contributed by atoms with Crippen LogP contribution in [-0.2, 0) is 11.3 Å². The number of hydrazine groups is 1. The van der Waals surface area contributed by atoms with E-state index in [0.29, 0.717) is 32.0 Å². The predicted octanol–water partition coefficient (Wildman–Crippen LogP) is 3.91. The number of aliphatic imine (C=N–C) groups is 1. The molecule has 1 aromatic heterocycles. The van der Waals surface area contributed by atoms with Crippen molar-refractivity contribution in [1.29, 1.82) is 0 Å². The van der Waals surface area contributed by atoms with Gasteiger partial charge in [-0.05, 0) is 45.0 Å². The minimum absolute atomic E-state index is 0.138. The third-order valence-corrected chi connectivity index (χ3v) is 8.75. The molecule has 188 valence electrons. The highest BCUT2D eigenvalue weighted by Crippen LogP contribution is 2.40. The highest BCUT2D eigenvalue weighted by Gasteiger charge is 2.35. The van der Waals surface area contributed by atoms with E-state index in [1.165, 1.54) is 16.3 Å². The number of rotatable bonds is 5. The summed E-state index contributed by atoms with van der Waals surface area (Å²) < 4.78 is 2.79. The fraction of sp³-hybridized carbons (Fsp3) is 0.179. The summed E-state index contributed by atoms with van der Waals surface area (Å²) in [5.74, 6) is 0.126. The second-order valence-corrected chi connectivity index (χ2v) is 10.7. The summed E-state index contributed by atoms with van der Waals surface area (Å²) >= 11 is 2.93.